The van der Waals surface area contributed by atoms with E-state index < -0.39 is 10.8 Å². The molecular weight excluding hydrogens is 480 g/mol. The molecule has 176 valence electrons. The molecule has 0 saturated carbocycles. The van der Waals surface area contributed by atoms with E-state index >= 15 is 0 Å². The molecule has 1 aromatic heterocycles. The highest BCUT2D eigenvalue weighted by atomic mass is 35.5. The van der Waals surface area contributed by atoms with Crippen LogP contribution >= 0.6 is 23.8 Å². The molecule has 9 nitrogen and oxygen atoms in total. The first-order chi connectivity index (χ1) is 16.4. The maximum Gasteiger partial charge on any atom is 0.293 e. The molecule has 2 heterocycles. The Balaban J connectivity index is 1.47. The lowest BCUT2D eigenvalue weighted by Gasteiger charge is -2.18. The summed E-state index contributed by atoms with van der Waals surface area (Å²) in [4.78, 5) is 25.8. The number of benzene rings is 2. The van der Waals surface area contributed by atoms with Gasteiger partial charge in [-0.2, -0.15) is 0 Å². The van der Waals surface area contributed by atoms with Crippen molar-refractivity contribution in [2.75, 3.05) is 23.3 Å². The molecule has 0 aliphatic carbocycles. The number of carbonyl (C=O) groups excluding carboxylic acids is 1. The summed E-state index contributed by atoms with van der Waals surface area (Å²) in [6.07, 6.45) is 1.96. The molecule has 0 bridgehead atoms. The highest BCUT2D eigenvalue weighted by molar-refractivity contribution is 7.80. The molecule has 0 radical (unpaired) electrons. The van der Waals surface area contributed by atoms with Crippen molar-refractivity contribution in [1.82, 2.24) is 5.32 Å². The third-order valence-electron chi connectivity index (χ3n) is 5.42. The topological polar surface area (TPSA) is 121 Å². The van der Waals surface area contributed by atoms with Crippen LogP contribution in [0.4, 0.5) is 17.1 Å². The molecule has 1 saturated heterocycles. The Morgan fingerprint density at radius 3 is 2.62 bits per heavy atom. The number of furan rings is 1. The predicted molar refractivity (Wildman–Crippen MR) is 133 cm³/mol. The smallest absolute Gasteiger partial charge is 0.293 e. The minimum atomic E-state index is -0.568. The van der Waals surface area contributed by atoms with Crippen LogP contribution in [0.2, 0.25) is 5.02 Å². The zero-order chi connectivity index (χ0) is 24.2. The number of rotatable bonds is 6. The molecular formula is C23H21ClN4O5S. The molecule has 34 heavy (non-hydrogen) atoms. The van der Waals surface area contributed by atoms with Gasteiger partial charge in [-0.1, -0.05) is 11.6 Å². The third-order valence-corrected chi connectivity index (χ3v) is 5.95. The molecule has 3 aromatic rings. The maximum absolute atomic E-state index is 12.7. The summed E-state index contributed by atoms with van der Waals surface area (Å²) < 4.78 is 5.54. The van der Waals surface area contributed by atoms with Crippen LogP contribution in [0.25, 0.3) is 11.3 Å². The van der Waals surface area contributed by atoms with E-state index in [1.807, 2.05) is 4.90 Å². The lowest BCUT2D eigenvalue weighted by atomic mass is 10.1. The molecule has 11 heteroatoms. The highest BCUT2D eigenvalue weighted by Crippen LogP contribution is 2.33. The number of nitro groups is 1. The molecule has 0 atom stereocenters. The Morgan fingerprint density at radius 1 is 1.18 bits per heavy atom. The molecule has 0 unspecified atom stereocenters. The molecule has 1 fully saturated rings. The number of amides is 1. The largest absolute Gasteiger partial charge is 0.459 e. The van der Waals surface area contributed by atoms with Gasteiger partial charge in [-0.05, 0) is 67.5 Å². The van der Waals surface area contributed by atoms with E-state index in [1.54, 1.807) is 42.5 Å². The van der Waals surface area contributed by atoms with Gasteiger partial charge in [0.25, 0.3) is 11.6 Å². The highest BCUT2D eigenvalue weighted by Gasteiger charge is 2.24. The number of nitrogens with zero attached hydrogens (tertiary/aromatic N) is 2. The van der Waals surface area contributed by atoms with Crippen molar-refractivity contribution in [3.8, 4) is 11.3 Å². The lowest BCUT2D eigenvalue weighted by molar-refractivity contribution is -0.384. The number of carbonyl (C=O) groups is 1. The number of aliphatic hydroxyl groups is 1. The first kappa shape index (κ1) is 23.7. The van der Waals surface area contributed by atoms with Crippen LogP contribution in [0.1, 0.15) is 29.0 Å². The number of hydrogen-bond donors (Lipinski definition) is 3. The van der Waals surface area contributed by atoms with E-state index in [2.05, 4.69) is 10.6 Å². The van der Waals surface area contributed by atoms with Gasteiger partial charge in [0.15, 0.2) is 5.11 Å². The van der Waals surface area contributed by atoms with Crippen LogP contribution < -0.4 is 15.5 Å². The predicted octanol–water partition coefficient (Wildman–Crippen LogP) is 4.73. The quantitative estimate of drug-likeness (QED) is 0.252. The summed E-state index contributed by atoms with van der Waals surface area (Å²) >= 11 is 11.5. The fourth-order valence-electron chi connectivity index (χ4n) is 3.77. The minimum Gasteiger partial charge on any atom is -0.459 e. The second-order valence-electron chi connectivity index (χ2n) is 7.68. The van der Waals surface area contributed by atoms with Crippen molar-refractivity contribution in [1.29, 1.82) is 0 Å². The van der Waals surface area contributed by atoms with Crippen LogP contribution in [0.3, 0.4) is 0 Å². The summed E-state index contributed by atoms with van der Waals surface area (Å²) in [5.41, 5.74) is 1.64. The summed E-state index contributed by atoms with van der Waals surface area (Å²) in [5.74, 6) is 0.302. The zero-order valence-corrected chi connectivity index (χ0v) is 19.5. The monoisotopic (exact) mass is 500 g/mol. The van der Waals surface area contributed by atoms with E-state index in [0.717, 1.165) is 25.9 Å². The van der Waals surface area contributed by atoms with E-state index in [1.165, 1.54) is 6.07 Å². The molecule has 0 spiro atoms. The van der Waals surface area contributed by atoms with Gasteiger partial charge in [0, 0.05) is 36.0 Å². The van der Waals surface area contributed by atoms with E-state index in [4.69, 9.17) is 28.2 Å². The van der Waals surface area contributed by atoms with Crippen molar-refractivity contribution in [3.05, 3.63) is 75.0 Å². The Bertz CT molecular complexity index is 1260. The first-order valence-corrected chi connectivity index (χ1v) is 11.3. The van der Waals surface area contributed by atoms with Gasteiger partial charge in [0.05, 0.1) is 9.95 Å². The normalized spacial score (nSPS) is 13.1. The Labute approximate surface area is 205 Å². The van der Waals surface area contributed by atoms with Crippen LogP contribution in [0.5, 0.6) is 0 Å². The maximum atomic E-state index is 12.7. The van der Waals surface area contributed by atoms with Crippen molar-refractivity contribution in [2.45, 2.75) is 19.4 Å². The molecule has 1 aliphatic heterocycles. The van der Waals surface area contributed by atoms with Gasteiger partial charge in [0.1, 0.15) is 23.8 Å². The van der Waals surface area contributed by atoms with Gasteiger partial charge in [-0.25, -0.2) is 0 Å². The van der Waals surface area contributed by atoms with E-state index in [0.29, 0.717) is 33.5 Å². The average Bonchev–Trinajstić information content (AvgIpc) is 3.52. The van der Waals surface area contributed by atoms with Crippen molar-refractivity contribution in [3.63, 3.8) is 0 Å². The Hall–Kier alpha value is -3.47. The summed E-state index contributed by atoms with van der Waals surface area (Å²) in [7, 11) is 0. The SMILES string of the molecule is O=C(NC(=S)Nc1ccc(Cl)c(-c2ccc(CO)o2)c1)c1ccc(N2CCCC2)c([N+](=O)[O-])c1. The Morgan fingerprint density at radius 2 is 1.94 bits per heavy atom. The first-order valence-electron chi connectivity index (χ1n) is 10.5. The molecule has 1 amide bonds. The number of nitro benzene ring substituents is 1. The standard InChI is InChI=1S/C23H21ClN4O5S/c24-18-6-4-15(12-17(18)21-8-5-16(13-29)33-21)25-23(34)26-22(30)14-3-7-19(20(11-14)28(31)32)27-9-1-2-10-27/h3-8,11-12,29H,1-2,9-10,13H2,(H2,25,26,30,34). The van der Waals surface area contributed by atoms with Crippen LogP contribution in [0.15, 0.2) is 52.9 Å². The van der Waals surface area contributed by atoms with Gasteiger partial charge >= 0.3 is 0 Å². The number of nitrogens with one attached hydrogen (secondary N) is 2. The van der Waals surface area contributed by atoms with E-state index in [-0.39, 0.29) is 23.0 Å². The second-order valence-corrected chi connectivity index (χ2v) is 8.50. The number of halogens is 1. The minimum absolute atomic E-state index is 0.0139. The van der Waals surface area contributed by atoms with Crippen LogP contribution in [0, 0.1) is 10.1 Å². The van der Waals surface area contributed by atoms with Crippen LogP contribution in [-0.2, 0) is 6.61 Å². The third kappa shape index (κ3) is 5.19. The molecule has 4 rings (SSSR count). The number of aliphatic hydroxyl groups excluding tert-OH is 1. The second kappa shape index (κ2) is 10.2. The average molecular weight is 501 g/mol. The van der Waals surface area contributed by atoms with Gasteiger partial charge in [-0.15, -0.1) is 0 Å². The lowest BCUT2D eigenvalue weighted by Crippen LogP contribution is -2.34. The van der Waals surface area contributed by atoms with Crippen molar-refractivity contribution < 1.29 is 19.2 Å². The number of anilines is 2. The molecule has 3 N–H and O–H groups in total. The molecule has 2 aromatic carbocycles. The van der Waals surface area contributed by atoms with Crippen molar-refractivity contribution in [2.24, 2.45) is 0 Å². The summed E-state index contributed by atoms with van der Waals surface area (Å²) in [6, 6.07) is 12.8. The Kier molecular flexibility index (Phi) is 7.11. The van der Waals surface area contributed by atoms with Gasteiger partial charge in [-0.3, -0.25) is 20.2 Å². The summed E-state index contributed by atoms with van der Waals surface area (Å²) in [5, 5.41) is 26.7. The fraction of sp³-hybridized carbons (Fsp3) is 0.217. The van der Waals surface area contributed by atoms with Gasteiger partial charge < -0.3 is 19.7 Å². The summed E-state index contributed by atoms with van der Waals surface area (Å²) in [6.45, 7) is 1.27. The molecule has 1 aliphatic rings. The number of thiocarbonyl (C=S) groups is 1. The van der Waals surface area contributed by atoms with Crippen LogP contribution in [-0.4, -0.2) is 34.1 Å². The van der Waals surface area contributed by atoms with E-state index in [9.17, 15) is 20.0 Å². The van der Waals surface area contributed by atoms with Gasteiger partial charge in [0.2, 0.25) is 0 Å². The number of hydrogen-bond acceptors (Lipinski definition) is 7. The zero-order valence-electron chi connectivity index (χ0n) is 17.9. The van der Waals surface area contributed by atoms with Crippen molar-refractivity contribution >= 4 is 51.9 Å². The fourth-order valence-corrected chi connectivity index (χ4v) is 4.19.